The van der Waals surface area contributed by atoms with Crippen molar-refractivity contribution >= 4 is 17.3 Å². The number of aryl methyl sites for hydroxylation is 2. The molecule has 1 rings (SSSR count). The number of anilines is 1. The third-order valence-corrected chi connectivity index (χ3v) is 3.08. The Bertz CT molecular complexity index is 533. The molecule has 0 atom stereocenters. The van der Waals surface area contributed by atoms with Gasteiger partial charge in [0, 0.05) is 18.0 Å². The molecule has 110 valence electrons. The van der Waals surface area contributed by atoms with Gasteiger partial charge < -0.3 is 11.1 Å². The molecule has 0 aliphatic rings. The predicted molar refractivity (Wildman–Crippen MR) is 78.7 cm³/mol. The maximum atomic E-state index is 11.8. The SMILES string of the molecule is Cc1cc(NC(=O)CCC(C)(C)N)c([N+](=O)[O-])cc1C. The van der Waals surface area contributed by atoms with Gasteiger partial charge in [0.1, 0.15) is 5.69 Å². The molecular weight excluding hydrogens is 258 g/mol. The Labute approximate surface area is 118 Å². The van der Waals surface area contributed by atoms with E-state index in [1.165, 1.54) is 6.07 Å². The Balaban J connectivity index is 2.89. The molecular formula is C14H21N3O3. The molecule has 0 fully saturated rings. The quantitative estimate of drug-likeness (QED) is 0.639. The largest absolute Gasteiger partial charge is 0.326 e. The van der Waals surface area contributed by atoms with Crippen LogP contribution in [0.15, 0.2) is 12.1 Å². The van der Waals surface area contributed by atoms with Crippen molar-refractivity contribution in [1.29, 1.82) is 0 Å². The molecule has 0 aliphatic carbocycles. The van der Waals surface area contributed by atoms with Crippen molar-refractivity contribution in [3.63, 3.8) is 0 Å². The fourth-order valence-electron chi connectivity index (χ4n) is 1.70. The normalized spacial score (nSPS) is 11.2. The van der Waals surface area contributed by atoms with E-state index < -0.39 is 10.5 Å². The lowest BCUT2D eigenvalue weighted by Crippen LogP contribution is -2.33. The van der Waals surface area contributed by atoms with Gasteiger partial charge in [-0.1, -0.05) is 0 Å². The van der Waals surface area contributed by atoms with E-state index in [0.29, 0.717) is 6.42 Å². The lowest BCUT2D eigenvalue weighted by Gasteiger charge is -2.17. The van der Waals surface area contributed by atoms with Gasteiger partial charge >= 0.3 is 0 Å². The second-order valence-electron chi connectivity index (χ2n) is 5.75. The van der Waals surface area contributed by atoms with E-state index in [2.05, 4.69) is 5.32 Å². The summed E-state index contributed by atoms with van der Waals surface area (Å²) in [5.74, 6) is -0.269. The number of benzene rings is 1. The highest BCUT2D eigenvalue weighted by Crippen LogP contribution is 2.28. The number of hydrogen-bond acceptors (Lipinski definition) is 4. The van der Waals surface area contributed by atoms with Crippen LogP contribution in [0.4, 0.5) is 11.4 Å². The molecule has 20 heavy (non-hydrogen) atoms. The first kappa shape index (κ1) is 16.1. The summed E-state index contributed by atoms with van der Waals surface area (Å²) < 4.78 is 0. The van der Waals surface area contributed by atoms with Crippen LogP contribution in [0.2, 0.25) is 0 Å². The number of hydrogen-bond donors (Lipinski definition) is 2. The van der Waals surface area contributed by atoms with Crippen LogP contribution in [0.5, 0.6) is 0 Å². The smallest absolute Gasteiger partial charge is 0.293 e. The zero-order valence-corrected chi connectivity index (χ0v) is 12.3. The van der Waals surface area contributed by atoms with E-state index >= 15 is 0 Å². The van der Waals surface area contributed by atoms with E-state index in [-0.39, 0.29) is 23.7 Å². The summed E-state index contributed by atoms with van der Waals surface area (Å²) in [6.45, 7) is 7.31. The van der Waals surface area contributed by atoms with Gasteiger partial charge in [0.25, 0.3) is 5.69 Å². The zero-order chi connectivity index (χ0) is 15.5. The van der Waals surface area contributed by atoms with E-state index in [9.17, 15) is 14.9 Å². The van der Waals surface area contributed by atoms with Crippen molar-refractivity contribution in [2.24, 2.45) is 5.73 Å². The monoisotopic (exact) mass is 279 g/mol. The molecule has 0 unspecified atom stereocenters. The second kappa shape index (κ2) is 6.00. The average Bonchev–Trinajstić information content (AvgIpc) is 2.29. The van der Waals surface area contributed by atoms with Crippen LogP contribution in [-0.2, 0) is 4.79 Å². The standard InChI is InChI=1S/C14H21N3O3/c1-9-7-11(12(17(19)20)8-10(9)2)16-13(18)5-6-14(3,4)15/h7-8H,5-6,15H2,1-4H3,(H,16,18). The minimum atomic E-state index is -0.491. The molecule has 1 amide bonds. The summed E-state index contributed by atoms with van der Waals surface area (Å²) in [6.07, 6.45) is 0.741. The van der Waals surface area contributed by atoms with Crippen LogP contribution < -0.4 is 11.1 Å². The van der Waals surface area contributed by atoms with E-state index in [0.717, 1.165) is 11.1 Å². The Morgan fingerprint density at radius 3 is 2.40 bits per heavy atom. The summed E-state index contributed by atoms with van der Waals surface area (Å²) in [6, 6.07) is 3.09. The van der Waals surface area contributed by atoms with Crippen molar-refractivity contribution in [2.45, 2.75) is 46.1 Å². The third kappa shape index (κ3) is 4.62. The van der Waals surface area contributed by atoms with Gasteiger partial charge in [-0.05, 0) is 51.3 Å². The topological polar surface area (TPSA) is 98.3 Å². The van der Waals surface area contributed by atoms with Gasteiger partial charge in [-0.25, -0.2) is 0 Å². The highest BCUT2D eigenvalue weighted by molar-refractivity contribution is 5.93. The number of nitrogens with two attached hydrogens (primary N) is 1. The van der Waals surface area contributed by atoms with Crippen molar-refractivity contribution in [1.82, 2.24) is 0 Å². The highest BCUT2D eigenvalue weighted by Gasteiger charge is 2.19. The number of amides is 1. The molecule has 0 bridgehead atoms. The lowest BCUT2D eigenvalue weighted by molar-refractivity contribution is -0.384. The van der Waals surface area contributed by atoms with Crippen molar-refractivity contribution < 1.29 is 9.72 Å². The van der Waals surface area contributed by atoms with E-state index in [4.69, 9.17) is 5.73 Å². The molecule has 0 saturated carbocycles. The van der Waals surface area contributed by atoms with Crippen LogP contribution in [0.1, 0.15) is 37.8 Å². The molecule has 0 saturated heterocycles. The Hall–Kier alpha value is -1.95. The van der Waals surface area contributed by atoms with Gasteiger partial charge in [0.05, 0.1) is 4.92 Å². The third-order valence-electron chi connectivity index (χ3n) is 3.08. The van der Waals surface area contributed by atoms with Gasteiger partial charge in [-0.15, -0.1) is 0 Å². The molecule has 0 heterocycles. The fraction of sp³-hybridized carbons (Fsp3) is 0.500. The average molecular weight is 279 g/mol. The van der Waals surface area contributed by atoms with E-state index in [1.54, 1.807) is 13.0 Å². The molecule has 0 aliphatic heterocycles. The minimum absolute atomic E-state index is 0.0894. The van der Waals surface area contributed by atoms with Crippen LogP contribution in [0.25, 0.3) is 0 Å². The van der Waals surface area contributed by atoms with Crippen LogP contribution in [-0.4, -0.2) is 16.4 Å². The van der Waals surface area contributed by atoms with Crippen LogP contribution in [0.3, 0.4) is 0 Å². The van der Waals surface area contributed by atoms with Crippen molar-refractivity contribution in [3.05, 3.63) is 33.4 Å². The first-order chi connectivity index (χ1) is 9.10. The number of carbonyl (C=O) groups is 1. The first-order valence-electron chi connectivity index (χ1n) is 6.44. The van der Waals surface area contributed by atoms with Crippen LogP contribution in [0, 0.1) is 24.0 Å². The highest BCUT2D eigenvalue weighted by atomic mass is 16.6. The number of carbonyl (C=O) groups excluding carboxylic acids is 1. The minimum Gasteiger partial charge on any atom is -0.326 e. The predicted octanol–water partition coefficient (Wildman–Crippen LogP) is 2.67. The molecule has 0 spiro atoms. The maximum Gasteiger partial charge on any atom is 0.293 e. The zero-order valence-electron chi connectivity index (χ0n) is 12.3. The fourth-order valence-corrected chi connectivity index (χ4v) is 1.70. The molecule has 3 N–H and O–H groups in total. The summed E-state index contributed by atoms with van der Waals surface area (Å²) in [7, 11) is 0. The molecule has 6 heteroatoms. The van der Waals surface area contributed by atoms with Gasteiger partial charge in [0.15, 0.2) is 0 Å². The van der Waals surface area contributed by atoms with Gasteiger partial charge in [0.2, 0.25) is 5.91 Å². The molecule has 1 aromatic rings. The summed E-state index contributed by atoms with van der Waals surface area (Å²) >= 11 is 0. The summed E-state index contributed by atoms with van der Waals surface area (Å²) in [5, 5.41) is 13.6. The Morgan fingerprint density at radius 1 is 1.35 bits per heavy atom. The summed E-state index contributed by atoms with van der Waals surface area (Å²) in [5.41, 5.74) is 7.23. The number of nitro groups is 1. The van der Waals surface area contributed by atoms with Crippen LogP contribution >= 0.6 is 0 Å². The molecule has 0 aromatic heterocycles. The Kier molecular flexibility index (Phi) is 4.83. The first-order valence-corrected chi connectivity index (χ1v) is 6.44. The Morgan fingerprint density at radius 2 is 1.90 bits per heavy atom. The number of nitrogens with one attached hydrogen (secondary N) is 1. The molecule has 0 radical (unpaired) electrons. The number of nitro benzene ring substituents is 1. The van der Waals surface area contributed by atoms with Crippen molar-refractivity contribution in [2.75, 3.05) is 5.32 Å². The number of rotatable bonds is 5. The number of nitrogens with zero attached hydrogens (tertiary/aromatic N) is 1. The maximum absolute atomic E-state index is 11.8. The van der Waals surface area contributed by atoms with Gasteiger partial charge in [-0.3, -0.25) is 14.9 Å². The lowest BCUT2D eigenvalue weighted by atomic mass is 10.00. The molecule has 1 aromatic carbocycles. The molecule has 6 nitrogen and oxygen atoms in total. The van der Waals surface area contributed by atoms with Gasteiger partial charge in [-0.2, -0.15) is 0 Å². The van der Waals surface area contributed by atoms with Crippen molar-refractivity contribution in [3.8, 4) is 0 Å². The second-order valence-corrected chi connectivity index (χ2v) is 5.75. The van der Waals surface area contributed by atoms with E-state index in [1.807, 2.05) is 20.8 Å². The summed E-state index contributed by atoms with van der Waals surface area (Å²) in [4.78, 5) is 22.4.